The summed E-state index contributed by atoms with van der Waals surface area (Å²) in [6.07, 6.45) is 0. The average Bonchev–Trinajstić information content (AvgIpc) is 3.47. The molecular weight excluding hydrogens is 461 g/mol. The zero-order valence-electron chi connectivity index (χ0n) is 17.3. The molecule has 0 atom stereocenters. The quantitative estimate of drug-likeness (QED) is 0.340. The van der Waals surface area contributed by atoms with Crippen LogP contribution in [0.4, 0.5) is 4.39 Å². The highest BCUT2D eigenvalue weighted by Gasteiger charge is 2.17. The number of nitrogens with zero attached hydrogens (tertiary/aromatic N) is 3. The van der Waals surface area contributed by atoms with Crippen LogP contribution in [0.1, 0.15) is 10.4 Å². The summed E-state index contributed by atoms with van der Waals surface area (Å²) in [5.41, 5.74) is 1.93. The van der Waals surface area contributed by atoms with Gasteiger partial charge in [-0.15, -0.1) is 11.3 Å². The maximum absolute atomic E-state index is 14.6. The summed E-state index contributed by atoms with van der Waals surface area (Å²) < 4.78 is 21.3. The molecule has 3 heterocycles. The van der Waals surface area contributed by atoms with Gasteiger partial charge in [-0.25, -0.2) is 9.37 Å². The number of carbonyl (C=O) groups is 2. The number of carbonyl (C=O) groups excluding carboxylic acids is 2. The first-order chi connectivity index (χ1) is 16.0. The number of ether oxygens (including phenoxy) is 1. The van der Waals surface area contributed by atoms with Gasteiger partial charge < -0.3 is 9.30 Å². The Hall–Kier alpha value is -3.69. The average molecular weight is 478 g/mol. The van der Waals surface area contributed by atoms with Gasteiger partial charge in [-0.3, -0.25) is 9.59 Å². The fourth-order valence-electron chi connectivity index (χ4n) is 3.56. The van der Waals surface area contributed by atoms with E-state index in [1.807, 2.05) is 41.8 Å². The second-order valence-electron chi connectivity index (χ2n) is 7.10. The molecule has 9 heteroatoms. The standard InChI is InChI=1S/C24H16FN3O3S2/c1-31-21(29)13-28-22-16(25)7-4-9-20(22)33-24(28)27-23(30)15-12-18(19-10-5-11-32-19)26-17-8-3-2-6-14(15)17/h2-12H,13H2,1H3. The predicted octanol–water partition coefficient (Wildman–Crippen LogP) is 5.03. The van der Waals surface area contributed by atoms with Crippen LogP contribution >= 0.6 is 22.7 Å². The third kappa shape index (κ3) is 3.96. The van der Waals surface area contributed by atoms with Crippen molar-refractivity contribution in [1.29, 1.82) is 0 Å². The molecule has 2 aromatic carbocycles. The Morgan fingerprint density at radius 1 is 1.12 bits per heavy atom. The zero-order valence-corrected chi connectivity index (χ0v) is 19.0. The van der Waals surface area contributed by atoms with E-state index in [4.69, 9.17) is 4.74 Å². The molecule has 0 fully saturated rings. The van der Waals surface area contributed by atoms with E-state index >= 15 is 0 Å². The lowest BCUT2D eigenvalue weighted by atomic mass is 10.1. The van der Waals surface area contributed by atoms with Gasteiger partial charge in [0.15, 0.2) is 4.80 Å². The van der Waals surface area contributed by atoms with Gasteiger partial charge in [0, 0.05) is 5.39 Å². The lowest BCUT2D eigenvalue weighted by Gasteiger charge is -2.07. The molecule has 1 amide bonds. The van der Waals surface area contributed by atoms with E-state index in [1.165, 1.54) is 29.1 Å². The van der Waals surface area contributed by atoms with E-state index in [1.54, 1.807) is 18.2 Å². The van der Waals surface area contributed by atoms with Crippen molar-refractivity contribution in [1.82, 2.24) is 9.55 Å². The number of thiazole rings is 1. The van der Waals surface area contributed by atoms with E-state index < -0.39 is 17.7 Å². The second kappa shape index (κ2) is 8.68. The summed E-state index contributed by atoms with van der Waals surface area (Å²) in [6, 6.07) is 17.5. The molecule has 0 saturated carbocycles. The number of thiophene rings is 1. The van der Waals surface area contributed by atoms with Crippen LogP contribution < -0.4 is 4.80 Å². The van der Waals surface area contributed by atoms with Crippen molar-refractivity contribution in [3.05, 3.63) is 82.2 Å². The number of hydrogen-bond acceptors (Lipinski definition) is 6. The number of hydrogen-bond donors (Lipinski definition) is 0. The van der Waals surface area contributed by atoms with Crippen LogP contribution in [-0.4, -0.2) is 28.5 Å². The van der Waals surface area contributed by atoms with Crippen LogP contribution in [0.2, 0.25) is 0 Å². The van der Waals surface area contributed by atoms with Gasteiger partial charge in [-0.1, -0.05) is 41.7 Å². The smallest absolute Gasteiger partial charge is 0.325 e. The van der Waals surface area contributed by atoms with Crippen LogP contribution in [0.25, 0.3) is 31.7 Å². The van der Waals surface area contributed by atoms with Crippen LogP contribution in [0.3, 0.4) is 0 Å². The number of rotatable bonds is 4. The van der Waals surface area contributed by atoms with Crippen molar-refractivity contribution in [2.75, 3.05) is 7.11 Å². The summed E-state index contributed by atoms with van der Waals surface area (Å²) in [5.74, 6) is -1.57. The summed E-state index contributed by atoms with van der Waals surface area (Å²) in [6.45, 7) is -0.263. The molecule has 0 spiro atoms. The van der Waals surface area contributed by atoms with Crippen molar-refractivity contribution in [3.63, 3.8) is 0 Å². The second-order valence-corrected chi connectivity index (χ2v) is 9.06. The molecule has 0 unspecified atom stereocenters. The van der Waals surface area contributed by atoms with Crippen molar-refractivity contribution in [2.45, 2.75) is 6.54 Å². The Kier molecular flexibility index (Phi) is 5.57. The first-order valence-electron chi connectivity index (χ1n) is 9.92. The Morgan fingerprint density at radius 3 is 2.76 bits per heavy atom. The highest BCUT2D eigenvalue weighted by molar-refractivity contribution is 7.16. The highest BCUT2D eigenvalue weighted by atomic mass is 32.1. The first-order valence-corrected chi connectivity index (χ1v) is 11.6. The minimum absolute atomic E-state index is 0.207. The number of amides is 1. The molecule has 6 nitrogen and oxygen atoms in total. The molecule has 0 aliphatic rings. The highest BCUT2D eigenvalue weighted by Crippen LogP contribution is 2.28. The van der Waals surface area contributed by atoms with E-state index in [0.29, 0.717) is 26.9 Å². The third-order valence-electron chi connectivity index (χ3n) is 5.08. The molecule has 0 N–H and O–H groups in total. The van der Waals surface area contributed by atoms with Crippen LogP contribution in [0.5, 0.6) is 0 Å². The van der Waals surface area contributed by atoms with Crippen molar-refractivity contribution in [3.8, 4) is 10.6 Å². The molecule has 5 rings (SSSR count). The van der Waals surface area contributed by atoms with Crippen molar-refractivity contribution < 1.29 is 18.7 Å². The largest absolute Gasteiger partial charge is 0.468 e. The third-order valence-corrected chi connectivity index (χ3v) is 7.02. The molecule has 3 aromatic heterocycles. The Balaban J connectivity index is 1.71. The predicted molar refractivity (Wildman–Crippen MR) is 127 cm³/mol. The molecule has 0 saturated heterocycles. The first kappa shape index (κ1) is 21.2. The Bertz CT molecular complexity index is 1590. The number of halogens is 1. The van der Waals surface area contributed by atoms with Gasteiger partial charge in [0.25, 0.3) is 5.91 Å². The number of methoxy groups -OCH3 is 1. The number of para-hydroxylation sites is 2. The lowest BCUT2D eigenvalue weighted by Crippen LogP contribution is -2.23. The van der Waals surface area contributed by atoms with Crippen LogP contribution in [0.15, 0.2) is 71.0 Å². The lowest BCUT2D eigenvalue weighted by molar-refractivity contribution is -0.141. The molecule has 5 aromatic rings. The summed E-state index contributed by atoms with van der Waals surface area (Å²) >= 11 is 2.66. The Labute approximate surface area is 195 Å². The van der Waals surface area contributed by atoms with E-state index in [2.05, 4.69) is 9.98 Å². The van der Waals surface area contributed by atoms with Gasteiger partial charge in [0.1, 0.15) is 12.4 Å². The number of fused-ring (bicyclic) bond motifs is 2. The van der Waals surface area contributed by atoms with E-state index in [9.17, 15) is 14.0 Å². The maximum Gasteiger partial charge on any atom is 0.325 e. The van der Waals surface area contributed by atoms with Gasteiger partial charge in [0.2, 0.25) is 0 Å². The maximum atomic E-state index is 14.6. The van der Waals surface area contributed by atoms with Gasteiger partial charge in [-0.05, 0) is 35.7 Å². The Morgan fingerprint density at radius 2 is 1.97 bits per heavy atom. The molecular formula is C24H16FN3O3S2. The summed E-state index contributed by atoms with van der Waals surface area (Å²) in [4.78, 5) is 35.5. The molecule has 33 heavy (non-hydrogen) atoms. The van der Waals surface area contributed by atoms with E-state index in [-0.39, 0.29) is 16.9 Å². The fraction of sp³-hybridized carbons (Fsp3) is 0.0833. The van der Waals surface area contributed by atoms with Crippen molar-refractivity contribution in [2.24, 2.45) is 4.99 Å². The van der Waals surface area contributed by atoms with Crippen molar-refractivity contribution >= 4 is 55.7 Å². The minimum Gasteiger partial charge on any atom is -0.468 e. The number of esters is 1. The fourth-order valence-corrected chi connectivity index (χ4v) is 5.29. The minimum atomic E-state index is -0.568. The van der Waals surface area contributed by atoms with Crippen LogP contribution in [-0.2, 0) is 16.1 Å². The van der Waals surface area contributed by atoms with Gasteiger partial charge in [-0.2, -0.15) is 4.99 Å². The molecule has 164 valence electrons. The topological polar surface area (TPSA) is 73.6 Å². The molecule has 0 aliphatic carbocycles. The monoisotopic (exact) mass is 477 g/mol. The summed E-state index contributed by atoms with van der Waals surface area (Å²) in [5, 5.41) is 2.61. The number of aromatic nitrogens is 2. The summed E-state index contributed by atoms with van der Waals surface area (Å²) in [7, 11) is 1.25. The zero-order chi connectivity index (χ0) is 22.9. The van der Waals surface area contributed by atoms with Gasteiger partial charge in [0.05, 0.1) is 39.0 Å². The normalized spacial score (nSPS) is 11.9. The van der Waals surface area contributed by atoms with E-state index in [0.717, 1.165) is 16.2 Å². The molecule has 0 radical (unpaired) electrons. The number of benzene rings is 2. The SMILES string of the molecule is COC(=O)Cn1c(=NC(=O)c2cc(-c3cccs3)nc3ccccc23)sc2cccc(F)c21. The molecule has 0 bridgehead atoms. The van der Waals surface area contributed by atoms with Crippen LogP contribution in [0, 0.1) is 5.82 Å². The molecule has 0 aliphatic heterocycles. The number of pyridine rings is 1. The van der Waals surface area contributed by atoms with Gasteiger partial charge >= 0.3 is 5.97 Å².